The van der Waals surface area contributed by atoms with Gasteiger partial charge in [-0.3, -0.25) is 4.79 Å². The van der Waals surface area contributed by atoms with Crippen molar-refractivity contribution in [1.29, 1.82) is 0 Å². The molecule has 2 N–H and O–H groups in total. The Morgan fingerprint density at radius 2 is 2.08 bits per heavy atom. The lowest BCUT2D eigenvalue weighted by atomic mass is 10.2. The molecular formula is C17H13Br2N3O2. The van der Waals surface area contributed by atoms with Crippen molar-refractivity contribution in [2.24, 2.45) is 5.10 Å². The van der Waals surface area contributed by atoms with Crippen LogP contribution in [-0.2, 0) is 4.79 Å². The smallest absolute Gasteiger partial charge is 0.277 e. The number of rotatable bonds is 5. The van der Waals surface area contributed by atoms with E-state index < -0.39 is 0 Å². The Morgan fingerprint density at radius 3 is 2.92 bits per heavy atom. The number of H-pyrrole nitrogens is 1. The minimum Gasteiger partial charge on any atom is -0.483 e. The summed E-state index contributed by atoms with van der Waals surface area (Å²) in [5, 5.41) is 5.02. The highest BCUT2D eigenvalue weighted by Crippen LogP contribution is 2.28. The van der Waals surface area contributed by atoms with E-state index in [2.05, 4.69) is 47.4 Å². The fraction of sp³-hybridized carbons (Fsp3) is 0.0588. The highest BCUT2D eigenvalue weighted by molar-refractivity contribution is 9.11. The number of halogens is 2. The van der Waals surface area contributed by atoms with Gasteiger partial charge in [-0.05, 0) is 40.2 Å². The third-order valence-corrected chi connectivity index (χ3v) is 4.38. The summed E-state index contributed by atoms with van der Waals surface area (Å²) in [6.07, 6.45) is 3.45. The Kier molecular flexibility index (Phi) is 5.32. The van der Waals surface area contributed by atoms with Gasteiger partial charge >= 0.3 is 0 Å². The number of aromatic amines is 1. The van der Waals surface area contributed by atoms with Crippen molar-refractivity contribution < 1.29 is 9.53 Å². The number of carbonyl (C=O) groups is 1. The van der Waals surface area contributed by atoms with Gasteiger partial charge in [0.05, 0.1) is 10.7 Å². The number of carbonyl (C=O) groups excluding carboxylic acids is 1. The quantitative estimate of drug-likeness (QED) is 0.451. The Hall–Kier alpha value is -2.12. The molecule has 0 radical (unpaired) electrons. The topological polar surface area (TPSA) is 66.5 Å². The normalized spacial score (nSPS) is 11.1. The first-order valence-corrected chi connectivity index (χ1v) is 8.68. The highest BCUT2D eigenvalue weighted by Gasteiger charge is 2.05. The van der Waals surface area contributed by atoms with Gasteiger partial charge in [-0.1, -0.05) is 34.1 Å². The number of benzene rings is 2. The predicted molar refractivity (Wildman–Crippen MR) is 101 cm³/mol. The van der Waals surface area contributed by atoms with Crippen LogP contribution in [0.3, 0.4) is 0 Å². The summed E-state index contributed by atoms with van der Waals surface area (Å²) in [5.74, 6) is 0.259. The lowest BCUT2D eigenvalue weighted by Gasteiger charge is -2.07. The first-order valence-electron chi connectivity index (χ1n) is 7.09. The standard InChI is InChI=1S/C17H13Br2N3O2/c18-12-5-6-16(14(19)7-12)24-10-17(23)22-21-9-11-8-20-15-4-2-1-3-13(11)15/h1-9,20H,10H2,(H,22,23)/b21-9+. The third kappa shape index (κ3) is 4.04. The number of nitrogens with zero attached hydrogens (tertiary/aromatic N) is 1. The van der Waals surface area contributed by atoms with E-state index >= 15 is 0 Å². The van der Waals surface area contributed by atoms with Crippen molar-refractivity contribution in [3.8, 4) is 5.75 Å². The SMILES string of the molecule is O=C(COc1ccc(Br)cc1Br)N/N=C/c1c[nH]c2ccccc12. The molecular weight excluding hydrogens is 438 g/mol. The summed E-state index contributed by atoms with van der Waals surface area (Å²) in [7, 11) is 0. The maximum atomic E-state index is 11.8. The number of amides is 1. The van der Waals surface area contributed by atoms with E-state index in [0.717, 1.165) is 25.4 Å². The molecule has 1 amide bonds. The molecule has 0 aliphatic heterocycles. The van der Waals surface area contributed by atoms with Crippen LogP contribution >= 0.6 is 31.9 Å². The van der Waals surface area contributed by atoms with Crippen molar-refractivity contribution in [3.63, 3.8) is 0 Å². The van der Waals surface area contributed by atoms with Gasteiger partial charge in [0.25, 0.3) is 5.91 Å². The lowest BCUT2D eigenvalue weighted by molar-refractivity contribution is -0.123. The molecule has 7 heteroatoms. The van der Waals surface area contributed by atoms with Crippen LogP contribution in [0.2, 0.25) is 0 Å². The second-order valence-electron chi connectivity index (χ2n) is 4.95. The Bertz CT molecular complexity index is 906. The molecule has 0 saturated heterocycles. The van der Waals surface area contributed by atoms with E-state index in [4.69, 9.17) is 4.74 Å². The molecule has 0 atom stereocenters. The maximum absolute atomic E-state index is 11.8. The molecule has 0 fully saturated rings. The second-order valence-corrected chi connectivity index (χ2v) is 6.72. The highest BCUT2D eigenvalue weighted by atomic mass is 79.9. The van der Waals surface area contributed by atoms with E-state index in [-0.39, 0.29) is 12.5 Å². The van der Waals surface area contributed by atoms with Gasteiger partial charge in [0.15, 0.2) is 6.61 Å². The number of hydrazone groups is 1. The van der Waals surface area contributed by atoms with Crippen LogP contribution in [0.4, 0.5) is 0 Å². The zero-order valence-electron chi connectivity index (χ0n) is 12.4. The molecule has 0 aliphatic carbocycles. The zero-order valence-corrected chi connectivity index (χ0v) is 15.6. The molecule has 122 valence electrons. The molecule has 0 spiro atoms. The van der Waals surface area contributed by atoms with Crippen LogP contribution in [-0.4, -0.2) is 23.7 Å². The molecule has 0 saturated carbocycles. The maximum Gasteiger partial charge on any atom is 0.277 e. The molecule has 0 bridgehead atoms. The van der Waals surface area contributed by atoms with Gasteiger partial charge in [-0.15, -0.1) is 0 Å². The van der Waals surface area contributed by atoms with Crippen LogP contribution in [0, 0.1) is 0 Å². The van der Waals surface area contributed by atoms with E-state index in [9.17, 15) is 4.79 Å². The molecule has 3 aromatic rings. The van der Waals surface area contributed by atoms with Gasteiger partial charge in [0.1, 0.15) is 5.75 Å². The number of hydrogen-bond acceptors (Lipinski definition) is 3. The largest absolute Gasteiger partial charge is 0.483 e. The second kappa shape index (κ2) is 7.63. The molecule has 0 aliphatic rings. The lowest BCUT2D eigenvalue weighted by Crippen LogP contribution is -2.24. The summed E-state index contributed by atoms with van der Waals surface area (Å²) in [5.41, 5.74) is 4.38. The van der Waals surface area contributed by atoms with Gasteiger partial charge in [-0.25, -0.2) is 5.43 Å². The number of nitrogens with one attached hydrogen (secondary N) is 2. The van der Waals surface area contributed by atoms with Crippen LogP contribution in [0.25, 0.3) is 10.9 Å². The minimum atomic E-state index is -0.332. The van der Waals surface area contributed by atoms with Crippen molar-refractivity contribution in [2.75, 3.05) is 6.61 Å². The number of para-hydroxylation sites is 1. The fourth-order valence-corrected chi connectivity index (χ4v) is 3.30. The summed E-state index contributed by atoms with van der Waals surface area (Å²) < 4.78 is 7.15. The van der Waals surface area contributed by atoms with Gasteiger partial charge in [-0.2, -0.15) is 5.10 Å². The first-order chi connectivity index (χ1) is 11.6. The average molecular weight is 451 g/mol. The van der Waals surface area contributed by atoms with Crippen molar-refractivity contribution in [1.82, 2.24) is 10.4 Å². The zero-order chi connectivity index (χ0) is 16.9. The third-order valence-electron chi connectivity index (χ3n) is 3.27. The number of hydrogen-bond donors (Lipinski definition) is 2. The molecule has 1 heterocycles. The van der Waals surface area contributed by atoms with Gasteiger partial charge < -0.3 is 9.72 Å². The molecule has 1 aromatic heterocycles. The number of ether oxygens (including phenoxy) is 1. The van der Waals surface area contributed by atoms with Crippen molar-refractivity contribution in [3.05, 3.63) is 63.2 Å². The van der Waals surface area contributed by atoms with Crippen LogP contribution < -0.4 is 10.2 Å². The monoisotopic (exact) mass is 449 g/mol. The van der Waals surface area contributed by atoms with Crippen molar-refractivity contribution >= 4 is 54.9 Å². The molecule has 3 rings (SSSR count). The average Bonchev–Trinajstić information content (AvgIpc) is 2.97. The van der Waals surface area contributed by atoms with Crippen LogP contribution in [0.5, 0.6) is 5.75 Å². The van der Waals surface area contributed by atoms with E-state index in [0.29, 0.717) is 5.75 Å². The number of fused-ring (bicyclic) bond motifs is 1. The fourth-order valence-electron chi connectivity index (χ4n) is 2.14. The van der Waals surface area contributed by atoms with Crippen molar-refractivity contribution in [2.45, 2.75) is 0 Å². The molecule has 24 heavy (non-hydrogen) atoms. The summed E-state index contributed by atoms with van der Waals surface area (Å²) in [6, 6.07) is 13.3. The van der Waals surface area contributed by atoms with Gasteiger partial charge in [0.2, 0.25) is 0 Å². The predicted octanol–water partition coefficient (Wildman–Crippen LogP) is 4.22. The minimum absolute atomic E-state index is 0.120. The Morgan fingerprint density at radius 1 is 1.25 bits per heavy atom. The van der Waals surface area contributed by atoms with E-state index in [1.54, 1.807) is 12.3 Å². The summed E-state index contributed by atoms with van der Waals surface area (Å²) in [4.78, 5) is 15.0. The Labute approximate surface area is 155 Å². The van der Waals surface area contributed by atoms with Crippen LogP contribution in [0.1, 0.15) is 5.56 Å². The summed E-state index contributed by atoms with van der Waals surface area (Å²) >= 11 is 6.74. The molecule has 0 unspecified atom stereocenters. The first kappa shape index (κ1) is 16.7. The Balaban J connectivity index is 1.55. The van der Waals surface area contributed by atoms with E-state index in [1.165, 1.54) is 0 Å². The molecule has 2 aromatic carbocycles. The van der Waals surface area contributed by atoms with Gasteiger partial charge in [0, 0.05) is 27.1 Å². The van der Waals surface area contributed by atoms with E-state index in [1.807, 2.05) is 42.6 Å². The van der Waals surface area contributed by atoms with Crippen LogP contribution in [0.15, 0.2) is 62.7 Å². The summed E-state index contributed by atoms with van der Waals surface area (Å²) in [6.45, 7) is -0.120. The number of aromatic nitrogens is 1. The molecule has 5 nitrogen and oxygen atoms in total.